The number of Topliss-reactive ketones (excluding diaryl/α,β-unsaturated/α-hetero) is 1. The Kier molecular flexibility index (Phi) is 7.47. The fourth-order valence-corrected chi connectivity index (χ4v) is 1.83. The van der Waals surface area contributed by atoms with E-state index in [1.165, 1.54) is 18.0 Å². The molecule has 0 bridgehead atoms. The minimum Gasteiger partial charge on any atom is -0.395 e. The lowest BCUT2D eigenvalue weighted by Crippen LogP contribution is -2.36. The van der Waals surface area contributed by atoms with E-state index in [0.717, 1.165) is 0 Å². The molecule has 1 amide bonds. The van der Waals surface area contributed by atoms with Crippen molar-refractivity contribution in [2.45, 2.75) is 6.92 Å². The van der Waals surface area contributed by atoms with E-state index in [9.17, 15) is 9.59 Å². The van der Waals surface area contributed by atoms with Gasteiger partial charge in [0.25, 0.3) is 5.91 Å². The summed E-state index contributed by atoms with van der Waals surface area (Å²) < 4.78 is 0. The third-order valence-electron chi connectivity index (χ3n) is 3.05. The Labute approximate surface area is 134 Å². The number of anilines is 1. The van der Waals surface area contributed by atoms with Crippen LogP contribution in [0.5, 0.6) is 0 Å². The number of carbonyl (C=O) groups is 2. The minimum atomic E-state index is -0.580. The molecule has 0 atom stereocenters. The molecule has 7 nitrogen and oxygen atoms in total. The first-order valence-corrected chi connectivity index (χ1v) is 7.02. The molecule has 1 aromatic rings. The molecule has 0 unspecified atom stereocenters. The van der Waals surface area contributed by atoms with Gasteiger partial charge in [-0.2, -0.15) is 5.26 Å². The van der Waals surface area contributed by atoms with Gasteiger partial charge in [-0.25, -0.2) is 0 Å². The number of ketones is 1. The minimum absolute atomic E-state index is 0.0335. The summed E-state index contributed by atoms with van der Waals surface area (Å²) in [4.78, 5) is 24.5. The van der Waals surface area contributed by atoms with Gasteiger partial charge in [0.2, 0.25) is 0 Å². The molecule has 1 aromatic carbocycles. The average Bonchev–Trinajstić information content (AvgIpc) is 2.55. The number of carbonyl (C=O) groups excluding carboxylic acids is 2. The Balaban J connectivity index is 2.83. The monoisotopic (exact) mass is 317 g/mol. The maximum absolute atomic E-state index is 12.1. The predicted molar refractivity (Wildman–Crippen MR) is 84.5 cm³/mol. The molecule has 7 heteroatoms. The van der Waals surface area contributed by atoms with Crippen LogP contribution in [0.1, 0.15) is 17.3 Å². The molecule has 1 rings (SSSR count). The molecule has 0 aromatic heterocycles. The lowest BCUT2D eigenvalue weighted by molar-refractivity contribution is -0.127. The molecule has 0 aliphatic carbocycles. The van der Waals surface area contributed by atoms with Crippen molar-refractivity contribution in [1.82, 2.24) is 4.90 Å². The van der Waals surface area contributed by atoms with Crippen LogP contribution in [0.15, 0.2) is 36.0 Å². The van der Waals surface area contributed by atoms with Gasteiger partial charge in [-0.15, -0.1) is 0 Å². The van der Waals surface area contributed by atoms with Crippen LogP contribution in [-0.4, -0.2) is 53.1 Å². The number of nitriles is 1. The van der Waals surface area contributed by atoms with Gasteiger partial charge in [0.15, 0.2) is 5.78 Å². The Hall–Kier alpha value is -2.69. The average molecular weight is 317 g/mol. The number of hydrogen-bond donors (Lipinski definition) is 3. The molecule has 0 saturated heterocycles. The number of rotatable bonds is 8. The van der Waals surface area contributed by atoms with Crippen LogP contribution in [0.4, 0.5) is 5.69 Å². The number of benzene rings is 1. The SMILES string of the molecule is CC(=O)c1ccc(N/C=C(/C#N)C(=O)N(CCO)CCO)cc1. The summed E-state index contributed by atoms with van der Waals surface area (Å²) in [6, 6.07) is 8.38. The van der Waals surface area contributed by atoms with Crippen LogP contribution in [-0.2, 0) is 4.79 Å². The van der Waals surface area contributed by atoms with E-state index in [2.05, 4.69) is 5.32 Å². The van der Waals surface area contributed by atoms with E-state index in [4.69, 9.17) is 15.5 Å². The highest BCUT2D eigenvalue weighted by Gasteiger charge is 2.17. The zero-order valence-electron chi connectivity index (χ0n) is 12.8. The number of aliphatic hydroxyl groups is 2. The van der Waals surface area contributed by atoms with Gasteiger partial charge in [0, 0.05) is 30.5 Å². The van der Waals surface area contributed by atoms with E-state index in [1.54, 1.807) is 30.3 Å². The first-order chi connectivity index (χ1) is 11.0. The summed E-state index contributed by atoms with van der Waals surface area (Å²) in [7, 11) is 0. The summed E-state index contributed by atoms with van der Waals surface area (Å²) >= 11 is 0. The zero-order valence-corrected chi connectivity index (χ0v) is 12.8. The van der Waals surface area contributed by atoms with Gasteiger partial charge < -0.3 is 20.4 Å². The van der Waals surface area contributed by atoms with Crippen molar-refractivity contribution in [2.24, 2.45) is 0 Å². The number of amides is 1. The Morgan fingerprint density at radius 2 is 1.78 bits per heavy atom. The molecular formula is C16H19N3O4. The zero-order chi connectivity index (χ0) is 17.2. The van der Waals surface area contributed by atoms with Gasteiger partial charge in [0.05, 0.1) is 13.2 Å². The Bertz CT molecular complexity index is 611. The van der Waals surface area contributed by atoms with Gasteiger partial charge in [-0.3, -0.25) is 9.59 Å². The van der Waals surface area contributed by atoms with Crippen LogP contribution in [0.3, 0.4) is 0 Å². The fourth-order valence-electron chi connectivity index (χ4n) is 1.83. The molecule has 0 spiro atoms. The second-order valence-electron chi connectivity index (χ2n) is 4.69. The molecule has 122 valence electrons. The molecule has 0 saturated carbocycles. The van der Waals surface area contributed by atoms with E-state index in [-0.39, 0.29) is 37.7 Å². The van der Waals surface area contributed by atoms with Crippen molar-refractivity contribution in [2.75, 3.05) is 31.6 Å². The number of nitrogens with one attached hydrogen (secondary N) is 1. The first kappa shape index (κ1) is 18.4. The van der Waals surface area contributed by atoms with Crippen molar-refractivity contribution in [3.63, 3.8) is 0 Å². The number of nitrogens with zero attached hydrogens (tertiary/aromatic N) is 2. The molecule has 0 aliphatic heterocycles. The lowest BCUT2D eigenvalue weighted by atomic mass is 10.1. The highest BCUT2D eigenvalue weighted by Crippen LogP contribution is 2.11. The maximum atomic E-state index is 12.1. The van der Waals surface area contributed by atoms with Crippen LogP contribution >= 0.6 is 0 Å². The summed E-state index contributed by atoms with van der Waals surface area (Å²) in [6.07, 6.45) is 1.26. The predicted octanol–water partition coefficient (Wildman–Crippen LogP) is 0.522. The quantitative estimate of drug-likeness (QED) is 0.366. The molecule has 0 fully saturated rings. The van der Waals surface area contributed by atoms with Gasteiger partial charge in [0.1, 0.15) is 11.6 Å². The maximum Gasteiger partial charge on any atom is 0.266 e. The normalized spacial score (nSPS) is 10.8. The smallest absolute Gasteiger partial charge is 0.266 e. The standard InChI is InChI=1S/C16H19N3O4/c1-12(22)13-2-4-15(5-3-13)18-11-14(10-17)16(23)19(6-8-20)7-9-21/h2-5,11,18,20-21H,6-9H2,1H3/b14-11-. The third kappa shape index (κ3) is 5.54. The van der Waals surface area contributed by atoms with E-state index < -0.39 is 5.91 Å². The van der Waals surface area contributed by atoms with E-state index in [0.29, 0.717) is 11.3 Å². The summed E-state index contributed by atoms with van der Waals surface area (Å²) in [5.74, 6) is -0.632. The van der Waals surface area contributed by atoms with Crippen LogP contribution in [0, 0.1) is 11.3 Å². The topological polar surface area (TPSA) is 114 Å². The Morgan fingerprint density at radius 1 is 1.22 bits per heavy atom. The molecule has 23 heavy (non-hydrogen) atoms. The molecule has 0 heterocycles. The van der Waals surface area contributed by atoms with E-state index in [1.807, 2.05) is 0 Å². The molecule has 0 aliphatic rings. The third-order valence-corrected chi connectivity index (χ3v) is 3.05. The van der Waals surface area contributed by atoms with Crippen molar-refractivity contribution in [3.05, 3.63) is 41.6 Å². The Morgan fingerprint density at radius 3 is 2.22 bits per heavy atom. The van der Waals surface area contributed by atoms with Crippen molar-refractivity contribution < 1.29 is 19.8 Å². The van der Waals surface area contributed by atoms with Crippen molar-refractivity contribution in [1.29, 1.82) is 5.26 Å². The van der Waals surface area contributed by atoms with Gasteiger partial charge in [-0.1, -0.05) is 0 Å². The summed E-state index contributed by atoms with van der Waals surface area (Å²) in [5.41, 5.74) is 1.03. The molecular weight excluding hydrogens is 298 g/mol. The van der Waals surface area contributed by atoms with Crippen LogP contribution in [0.2, 0.25) is 0 Å². The van der Waals surface area contributed by atoms with Crippen molar-refractivity contribution in [3.8, 4) is 6.07 Å². The van der Waals surface area contributed by atoms with Crippen molar-refractivity contribution >= 4 is 17.4 Å². The largest absolute Gasteiger partial charge is 0.395 e. The summed E-state index contributed by atoms with van der Waals surface area (Å²) in [6.45, 7) is 1.01. The fraction of sp³-hybridized carbons (Fsp3) is 0.312. The summed E-state index contributed by atoms with van der Waals surface area (Å²) in [5, 5.41) is 29.8. The molecule has 0 radical (unpaired) electrons. The van der Waals surface area contributed by atoms with Crippen LogP contribution < -0.4 is 5.32 Å². The number of aliphatic hydroxyl groups excluding tert-OH is 2. The molecule has 3 N–H and O–H groups in total. The number of hydrogen-bond acceptors (Lipinski definition) is 6. The lowest BCUT2D eigenvalue weighted by Gasteiger charge is -2.20. The second kappa shape index (κ2) is 9.35. The first-order valence-electron chi connectivity index (χ1n) is 7.02. The van der Waals surface area contributed by atoms with Gasteiger partial charge in [-0.05, 0) is 31.2 Å². The van der Waals surface area contributed by atoms with E-state index >= 15 is 0 Å². The second-order valence-corrected chi connectivity index (χ2v) is 4.69. The highest BCUT2D eigenvalue weighted by atomic mass is 16.3. The highest BCUT2D eigenvalue weighted by molar-refractivity contribution is 5.97. The van der Waals surface area contributed by atoms with Gasteiger partial charge >= 0.3 is 0 Å². The van der Waals surface area contributed by atoms with Crippen LogP contribution in [0.25, 0.3) is 0 Å².